The molecule has 0 saturated carbocycles. The van der Waals surface area contributed by atoms with Crippen molar-refractivity contribution in [3.05, 3.63) is 63.7 Å². The molecule has 1 aliphatic heterocycles. The van der Waals surface area contributed by atoms with Gasteiger partial charge in [-0.05, 0) is 36.2 Å². The van der Waals surface area contributed by atoms with Crippen molar-refractivity contribution in [3.63, 3.8) is 0 Å². The highest BCUT2D eigenvalue weighted by Gasteiger charge is 2.21. The molecule has 1 N–H and O–H groups in total. The fraction of sp³-hybridized carbons (Fsp3) is 0.300. The molecule has 28 heavy (non-hydrogen) atoms. The van der Waals surface area contributed by atoms with Crippen molar-refractivity contribution in [2.75, 3.05) is 30.9 Å². The number of nitro benzene ring substituents is 1. The molecule has 2 aromatic rings. The Labute approximate surface area is 162 Å². The Bertz CT molecular complexity index is 926. The normalized spacial score (nSPS) is 13.5. The summed E-state index contributed by atoms with van der Waals surface area (Å²) >= 11 is 0. The van der Waals surface area contributed by atoms with Crippen LogP contribution in [0.4, 0.5) is 17.1 Å². The number of hydrogen-bond acceptors (Lipinski definition) is 5. The zero-order valence-electron chi connectivity index (χ0n) is 15.8. The van der Waals surface area contributed by atoms with E-state index < -0.39 is 10.8 Å². The van der Waals surface area contributed by atoms with E-state index in [-0.39, 0.29) is 17.2 Å². The number of nitro groups is 1. The smallest absolute Gasteiger partial charge is 0.293 e. The molecule has 0 bridgehead atoms. The van der Waals surface area contributed by atoms with Gasteiger partial charge in [-0.15, -0.1) is 0 Å². The molecule has 8 nitrogen and oxygen atoms in total. The molecular formula is C20H22N4O4. The van der Waals surface area contributed by atoms with Gasteiger partial charge in [0.15, 0.2) is 0 Å². The van der Waals surface area contributed by atoms with Gasteiger partial charge in [-0.3, -0.25) is 19.7 Å². The van der Waals surface area contributed by atoms with Crippen LogP contribution >= 0.6 is 0 Å². The van der Waals surface area contributed by atoms with Gasteiger partial charge in [0, 0.05) is 50.9 Å². The molecular weight excluding hydrogens is 360 g/mol. The Morgan fingerprint density at radius 3 is 2.68 bits per heavy atom. The number of carbonyl (C=O) groups excluding carboxylic acids is 2. The summed E-state index contributed by atoms with van der Waals surface area (Å²) in [5, 5.41) is 14.1. The van der Waals surface area contributed by atoms with E-state index >= 15 is 0 Å². The SMILES string of the molecule is CN(C)c1ccc(C(=O)Nc2cccc(CN3CCCC3=O)c2)cc1[N+](=O)[O-]. The van der Waals surface area contributed by atoms with Crippen LogP contribution in [0.5, 0.6) is 0 Å². The van der Waals surface area contributed by atoms with Crippen molar-refractivity contribution in [2.24, 2.45) is 0 Å². The summed E-state index contributed by atoms with van der Waals surface area (Å²) in [6.45, 7) is 1.25. The third kappa shape index (κ3) is 4.28. The van der Waals surface area contributed by atoms with Crippen LogP contribution in [-0.4, -0.2) is 42.3 Å². The first kappa shape index (κ1) is 19.3. The fourth-order valence-electron chi connectivity index (χ4n) is 3.23. The maximum atomic E-state index is 12.6. The first-order valence-electron chi connectivity index (χ1n) is 8.99. The summed E-state index contributed by atoms with van der Waals surface area (Å²) in [5.74, 6) is -0.287. The first-order chi connectivity index (χ1) is 13.3. The van der Waals surface area contributed by atoms with Crippen LogP contribution in [0.1, 0.15) is 28.8 Å². The van der Waals surface area contributed by atoms with Gasteiger partial charge in [-0.1, -0.05) is 12.1 Å². The topological polar surface area (TPSA) is 95.8 Å². The number of benzene rings is 2. The van der Waals surface area contributed by atoms with Crippen molar-refractivity contribution >= 4 is 28.9 Å². The third-order valence-electron chi connectivity index (χ3n) is 4.65. The van der Waals surface area contributed by atoms with Gasteiger partial charge in [0.05, 0.1) is 4.92 Å². The zero-order valence-corrected chi connectivity index (χ0v) is 15.8. The minimum atomic E-state index is -0.500. The summed E-state index contributed by atoms with van der Waals surface area (Å²) in [7, 11) is 3.41. The van der Waals surface area contributed by atoms with Crippen molar-refractivity contribution in [1.82, 2.24) is 4.90 Å². The lowest BCUT2D eigenvalue weighted by Crippen LogP contribution is -2.23. The minimum absolute atomic E-state index is 0.126. The van der Waals surface area contributed by atoms with Gasteiger partial charge in [-0.25, -0.2) is 0 Å². The standard InChI is InChI=1S/C20H22N4O4/c1-22(2)17-9-8-15(12-18(17)24(27)28)20(26)21-16-6-3-5-14(11-16)13-23-10-4-7-19(23)25/h3,5-6,8-9,11-12H,4,7,10,13H2,1-2H3,(H,21,26). The predicted molar refractivity (Wildman–Crippen MR) is 106 cm³/mol. The van der Waals surface area contributed by atoms with Crippen LogP contribution in [0.25, 0.3) is 0 Å². The maximum absolute atomic E-state index is 12.6. The lowest BCUT2D eigenvalue weighted by Gasteiger charge is -2.16. The van der Waals surface area contributed by atoms with E-state index in [9.17, 15) is 19.7 Å². The Morgan fingerprint density at radius 1 is 1.25 bits per heavy atom. The van der Waals surface area contributed by atoms with E-state index in [0.717, 1.165) is 18.5 Å². The molecule has 1 fully saturated rings. The highest BCUT2D eigenvalue weighted by molar-refractivity contribution is 6.05. The van der Waals surface area contributed by atoms with Crippen LogP contribution in [0, 0.1) is 10.1 Å². The van der Waals surface area contributed by atoms with E-state index in [1.165, 1.54) is 6.07 Å². The van der Waals surface area contributed by atoms with Crippen LogP contribution in [0.2, 0.25) is 0 Å². The van der Waals surface area contributed by atoms with Gasteiger partial charge < -0.3 is 15.1 Å². The van der Waals surface area contributed by atoms with E-state index in [1.807, 2.05) is 18.2 Å². The second-order valence-corrected chi connectivity index (χ2v) is 6.93. The maximum Gasteiger partial charge on any atom is 0.293 e. The molecule has 1 heterocycles. The lowest BCUT2D eigenvalue weighted by atomic mass is 10.1. The summed E-state index contributed by atoms with van der Waals surface area (Å²) in [6, 6.07) is 11.7. The number of carbonyl (C=O) groups is 2. The van der Waals surface area contributed by atoms with Crippen molar-refractivity contribution in [2.45, 2.75) is 19.4 Å². The molecule has 2 amide bonds. The molecule has 8 heteroatoms. The number of amides is 2. The second kappa shape index (κ2) is 8.08. The molecule has 0 aliphatic carbocycles. The molecule has 0 atom stereocenters. The van der Waals surface area contributed by atoms with E-state index in [4.69, 9.17) is 0 Å². The van der Waals surface area contributed by atoms with Gasteiger partial charge in [-0.2, -0.15) is 0 Å². The molecule has 146 valence electrons. The Kier molecular flexibility index (Phi) is 5.58. The fourth-order valence-corrected chi connectivity index (χ4v) is 3.23. The second-order valence-electron chi connectivity index (χ2n) is 6.93. The number of nitrogens with zero attached hydrogens (tertiary/aromatic N) is 3. The Balaban J connectivity index is 1.76. The first-order valence-corrected chi connectivity index (χ1v) is 8.99. The Hall–Kier alpha value is -3.42. The number of anilines is 2. The van der Waals surface area contributed by atoms with E-state index in [1.54, 1.807) is 42.1 Å². The van der Waals surface area contributed by atoms with Crippen LogP contribution < -0.4 is 10.2 Å². The summed E-state index contributed by atoms with van der Waals surface area (Å²) in [5.41, 5.74) is 2.01. The van der Waals surface area contributed by atoms with Crippen molar-refractivity contribution in [3.8, 4) is 0 Å². The van der Waals surface area contributed by atoms with Crippen LogP contribution in [-0.2, 0) is 11.3 Å². The summed E-state index contributed by atoms with van der Waals surface area (Å²) < 4.78 is 0. The molecule has 0 aromatic heterocycles. The molecule has 1 saturated heterocycles. The van der Waals surface area contributed by atoms with E-state index in [2.05, 4.69) is 5.32 Å². The average Bonchev–Trinajstić information content (AvgIpc) is 3.06. The molecule has 1 aliphatic rings. The Morgan fingerprint density at radius 2 is 2.04 bits per heavy atom. The van der Waals surface area contributed by atoms with Crippen LogP contribution in [0.15, 0.2) is 42.5 Å². The average molecular weight is 382 g/mol. The third-order valence-corrected chi connectivity index (χ3v) is 4.65. The quantitative estimate of drug-likeness (QED) is 0.612. The van der Waals surface area contributed by atoms with Gasteiger partial charge in [0.2, 0.25) is 5.91 Å². The van der Waals surface area contributed by atoms with Crippen molar-refractivity contribution < 1.29 is 14.5 Å². The largest absolute Gasteiger partial charge is 0.372 e. The van der Waals surface area contributed by atoms with E-state index in [0.29, 0.717) is 24.3 Å². The number of rotatable bonds is 6. The molecule has 3 rings (SSSR count). The van der Waals surface area contributed by atoms with Crippen LogP contribution in [0.3, 0.4) is 0 Å². The lowest BCUT2D eigenvalue weighted by molar-refractivity contribution is -0.384. The number of nitrogens with one attached hydrogen (secondary N) is 1. The van der Waals surface area contributed by atoms with Gasteiger partial charge >= 0.3 is 0 Å². The summed E-state index contributed by atoms with van der Waals surface area (Å²) in [6.07, 6.45) is 1.45. The summed E-state index contributed by atoms with van der Waals surface area (Å²) in [4.78, 5) is 38.6. The number of likely N-dealkylation sites (tertiary alicyclic amines) is 1. The minimum Gasteiger partial charge on any atom is -0.372 e. The van der Waals surface area contributed by atoms with Gasteiger partial charge in [0.1, 0.15) is 5.69 Å². The highest BCUT2D eigenvalue weighted by Crippen LogP contribution is 2.28. The molecule has 0 spiro atoms. The van der Waals surface area contributed by atoms with Crippen molar-refractivity contribution in [1.29, 1.82) is 0 Å². The molecule has 0 radical (unpaired) electrons. The van der Waals surface area contributed by atoms with Gasteiger partial charge in [0.25, 0.3) is 11.6 Å². The zero-order chi connectivity index (χ0) is 20.3. The molecule has 0 unspecified atom stereocenters. The predicted octanol–water partition coefficient (Wildman–Crippen LogP) is 3.04. The number of hydrogen-bond donors (Lipinski definition) is 1. The molecule has 2 aromatic carbocycles. The highest BCUT2D eigenvalue weighted by atomic mass is 16.6. The monoisotopic (exact) mass is 382 g/mol.